The van der Waals surface area contributed by atoms with Gasteiger partial charge in [-0.3, -0.25) is 23.7 Å². The van der Waals surface area contributed by atoms with Crippen LogP contribution in [-0.4, -0.2) is 46.2 Å². The van der Waals surface area contributed by atoms with Gasteiger partial charge in [0.15, 0.2) is 11.8 Å². The van der Waals surface area contributed by atoms with Gasteiger partial charge in [0.25, 0.3) is 11.5 Å². The molecular weight excluding hydrogens is 442 g/mol. The first-order chi connectivity index (χ1) is 15.9. The fraction of sp³-hybridized carbons (Fsp3) is 0.440. The van der Waals surface area contributed by atoms with E-state index in [1.165, 1.54) is 16.8 Å². The monoisotopic (exact) mass is 469 g/mol. The van der Waals surface area contributed by atoms with Gasteiger partial charge in [0.05, 0.1) is 0 Å². The molecule has 0 spiro atoms. The lowest BCUT2D eigenvalue weighted by molar-refractivity contribution is -0.137. The first-order valence-corrected chi connectivity index (χ1v) is 11.9. The zero-order chi connectivity index (χ0) is 23.4. The SMILES string of the molecule is O=C(NC1CCCC1)C1CCN(C(=O)[C@H](C(=O)c2ccc(Cl)cc2)n2ccccc2=O)CC1. The summed E-state index contributed by atoms with van der Waals surface area (Å²) in [4.78, 5) is 53.6. The highest BCUT2D eigenvalue weighted by Gasteiger charge is 2.36. The number of rotatable bonds is 6. The predicted octanol–water partition coefficient (Wildman–Crippen LogP) is 3.22. The first-order valence-electron chi connectivity index (χ1n) is 11.5. The summed E-state index contributed by atoms with van der Waals surface area (Å²) >= 11 is 5.94. The number of amides is 2. The molecule has 2 aliphatic rings. The minimum atomic E-state index is -1.30. The second kappa shape index (κ2) is 10.3. The summed E-state index contributed by atoms with van der Waals surface area (Å²) in [5.41, 5.74) is -0.122. The zero-order valence-electron chi connectivity index (χ0n) is 18.4. The lowest BCUT2D eigenvalue weighted by Gasteiger charge is -2.34. The third-order valence-corrected chi connectivity index (χ3v) is 6.87. The van der Waals surface area contributed by atoms with Crippen molar-refractivity contribution in [3.63, 3.8) is 0 Å². The van der Waals surface area contributed by atoms with Gasteiger partial charge in [-0.15, -0.1) is 0 Å². The van der Waals surface area contributed by atoms with Crippen molar-refractivity contribution in [1.82, 2.24) is 14.8 Å². The largest absolute Gasteiger partial charge is 0.353 e. The van der Waals surface area contributed by atoms with Crippen LogP contribution in [-0.2, 0) is 9.59 Å². The summed E-state index contributed by atoms with van der Waals surface area (Å²) in [5.74, 6) is -0.981. The number of benzene rings is 1. The number of pyridine rings is 1. The molecule has 1 aromatic carbocycles. The number of nitrogens with zero attached hydrogens (tertiary/aromatic N) is 2. The summed E-state index contributed by atoms with van der Waals surface area (Å²) in [5, 5.41) is 3.62. The van der Waals surface area contributed by atoms with Crippen LogP contribution in [0.4, 0.5) is 0 Å². The molecule has 2 aromatic rings. The Labute approximate surface area is 197 Å². The molecule has 0 unspecified atom stereocenters. The fourth-order valence-corrected chi connectivity index (χ4v) is 4.83. The molecule has 1 aliphatic carbocycles. The highest BCUT2D eigenvalue weighted by molar-refractivity contribution is 6.30. The normalized spacial score (nSPS) is 18.2. The molecule has 1 N–H and O–H groups in total. The van der Waals surface area contributed by atoms with Crippen LogP contribution in [0.1, 0.15) is 54.9 Å². The van der Waals surface area contributed by atoms with Gasteiger partial charge >= 0.3 is 0 Å². The maximum atomic E-state index is 13.5. The van der Waals surface area contributed by atoms with Crippen molar-refractivity contribution in [1.29, 1.82) is 0 Å². The predicted molar refractivity (Wildman–Crippen MR) is 125 cm³/mol. The molecule has 1 saturated heterocycles. The van der Waals surface area contributed by atoms with Gasteiger partial charge in [0.2, 0.25) is 5.91 Å². The van der Waals surface area contributed by atoms with E-state index in [1.807, 2.05) is 0 Å². The topological polar surface area (TPSA) is 88.5 Å². The molecule has 7 nitrogen and oxygen atoms in total. The van der Waals surface area contributed by atoms with Crippen molar-refractivity contribution >= 4 is 29.2 Å². The van der Waals surface area contributed by atoms with Crippen LogP contribution in [0.2, 0.25) is 5.02 Å². The molecule has 8 heteroatoms. The first kappa shape index (κ1) is 23.2. The van der Waals surface area contributed by atoms with Gasteiger partial charge in [0, 0.05) is 47.9 Å². The minimum Gasteiger partial charge on any atom is -0.353 e. The fourth-order valence-electron chi connectivity index (χ4n) is 4.71. The quantitative estimate of drug-likeness (QED) is 0.519. The van der Waals surface area contributed by atoms with Crippen LogP contribution >= 0.6 is 11.6 Å². The molecule has 4 rings (SSSR count). The maximum absolute atomic E-state index is 13.5. The number of nitrogens with one attached hydrogen (secondary N) is 1. The molecule has 2 heterocycles. The molecule has 174 valence electrons. The Kier molecular flexibility index (Phi) is 7.28. The van der Waals surface area contributed by atoms with Crippen LogP contribution in [0.15, 0.2) is 53.5 Å². The molecule has 0 radical (unpaired) electrons. The second-order valence-corrected chi connectivity index (χ2v) is 9.25. The van der Waals surface area contributed by atoms with E-state index in [-0.39, 0.29) is 17.9 Å². The molecule has 2 fully saturated rings. The van der Waals surface area contributed by atoms with Crippen LogP contribution in [0.5, 0.6) is 0 Å². The van der Waals surface area contributed by atoms with Crippen molar-refractivity contribution in [2.45, 2.75) is 50.6 Å². The third-order valence-electron chi connectivity index (χ3n) is 6.62. The minimum absolute atomic E-state index is 0.0575. The third kappa shape index (κ3) is 5.36. The Bertz CT molecular complexity index is 1070. The van der Waals surface area contributed by atoms with E-state index in [1.54, 1.807) is 41.3 Å². The number of carbonyl (C=O) groups excluding carboxylic acids is 3. The maximum Gasteiger partial charge on any atom is 0.253 e. The van der Waals surface area contributed by atoms with E-state index in [2.05, 4.69) is 5.32 Å². The Morgan fingerprint density at radius 3 is 2.24 bits per heavy atom. The van der Waals surface area contributed by atoms with Gasteiger partial charge in [-0.1, -0.05) is 30.5 Å². The molecule has 1 aromatic heterocycles. The van der Waals surface area contributed by atoms with E-state index in [9.17, 15) is 19.2 Å². The van der Waals surface area contributed by atoms with Crippen molar-refractivity contribution in [2.24, 2.45) is 5.92 Å². The Morgan fingerprint density at radius 1 is 0.939 bits per heavy atom. The van der Waals surface area contributed by atoms with E-state index in [0.29, 0.717) is 36.5 Å². The second-order valence-electron chi connectivity index (χ2n) is 8.81. The molecule has 1 aliphatic heterocycles. The lowest BCUT2D eigenvalue weighted by Crippen LogP contribution is -2.49. The summed E-state index contributed by atoms with van der Waals surface area (Å²) in [6.45, 7) is 0.737. The lowest BCUT2D eigenvalue weighted by atomic mass is 9.94. The number of likely N-dealkylation sites (tertiary alicyclic amines) is 1. The van der Waals surface area contributed by atoms with E-state index >= 15 is 0 Å². The highest BCUT2D eigenvalue weighted by Crippen LogP contribution is 2.24. The molecule has 0 bridgehead atoms. The van der Waals surface area contributed by atoms with E-state index in [0.717, 1.165) is 25.7 Å². The summed E-state index contributed by atoms with van der Waals surface area (Å²) in [6, 6.07) is 9.76. The van der Waals surface area contributed by atoms with Crippen molar-refractivity contribution in [3.05, 3.63) is 69.6 Å². The van der Waals surface area contributed by atoms with E-state index < -0.39 is 23.3 Å². The standard InChI is InChI=1S/C25H28ClN3O4/c26-19-10-8-17(9-11-19)23(31)22(29-14-4-3-7-21(29)30)25(33)28-15-12-18(13-16-28)24(32)27-20-5-1-2-6-20/h3-4,7-11,14,18,20,22H,1-2,5-6,12-13,15-16H2,(H,27,32)/t22-/m0/s1. The summed E-state index contributed by atoms with van der Waals surface area (Å²) in [6.07, 6.45) is 6.90. The molecule has 1 atom stereocenters. The van der Waals surface area contributed by atoms with Crippen LogP contribution in [0, 0.1) is 5.92 Å². The van der Waals surface area contributed by atoms with Gasteiger partial charge in [0.1, 0.15) is 0 Å². The van der Waals surface area contributed by atoms with Gasteiger partial charge in [-0.2, -0.15) is 0 Å². The molecule has 1 saturated carbocycles. The number of hydrogen-bond acceptors (Lipinski definition) is 4. The molecule has 2 amide bonds. The van der Waals surface area contributed by atoms with Gasteiger partial charge < -0.3 is 10.2 Å². The number of ketones is 1. The van der Waals surface area contributed by atoms with E-state index in [4.69, 9.17) is 11.6 Å². The van der Waals surface area contributed by atoms with Gasteiger partial charge in [-0.05, 0) is 56.0 Å². The number of halogens is 1. The average molecular weight is 470 g/mol. The number of hydrogen-bond donors (Lipinski definition) is 1. The highest BCUT2D eigenvalue weighted by atomic mass is 35.5. The Morgan fingerprint density at radius 2 is 1.61 bits per heavy atom. The Hall–Kier alpha value is -2.93. The van der Waals surface area contributed by atoms with Crippen molar-refractivity contribution < 1.29 is 14.4 Å². The summed E-state index contributed by atoms with van der Waals surface area (Å²) in [7, 11) is 0. The number of Topliss-reactive ketones (excluding diaryl/α,β-unsaturated/α-hetero) is 1. The Balaban J connectivity index is 1.49. The van der Waals surface area contributed by atoms with Crippen LogP contribution in [0.3, 0.4) is 0 Å². The van der Waals surface area contributed by atoms with Crippen LogP contribution < -0.4 is 10.9 Å². The number of aromatic nitrogens is 1. The smallest absolute Gasteiger partial charge is 0.253 e. The van der Waals surface area contributed by atoms with Crippen molar-refractivity contribution in [3.8, 4) is 0 Å². The van der Waals surface area contributed by atoms with Gasteiger partial charge in [-0.25, -0.2) is 0 Å². The number of piperidine rings is 1. The average Bonchev–Trinajstić information content (AvgIpc) is 3.34. The number of carbonyl (C=O) groups is 3. The van der Waals surface area contributed by atoms with Crippen molar-refractivity contribution in [2.75, 3.05) is 13.1 Å². The molecular formula is C25H28ClN3O4. The zero-order valence-corrected chi connectivity index (χ0v) is 19.2. The van der Waals surface area contributed by atoms with Crippen LogP contribution in [0.25, 0.3) is 0 Å². The summed E-state index contributed by atoms with van der Waals surface area (Å²) < 4.78 is 1.18. The molecule has 33 heavy (non-hydrogen) atoms.